The van der Waals surface area contributed by atoms with E-state index in [2.05, 4.69) is 29.3 Å². The predicted octanol–water partition coefficient (Wildman–Crippen LogP) is 4.36. The number of piperidine rings is 1. The standard InChI is InChI=1S/C26H33FN2O2/c1-19(22-7-3-2-4-8-22)28-25-18-31-15-13-24(25)26(30)29-14-5-6-21(17-29)16-20-9-11-23(27)12-10-20/h2-4,7-12,19,21,24-25,28H,5-6,13-18H2,1H3/t19-,21?,24-,25-/m1/s1. The second-order valence-electron chi connectivity index (χ2n) is 9.00. The molecule has 2 heterocycles. The van der Waals surface area contributed by atoms with Crippen LogP contribution < -0.4 is 5.32 Å². The van der Waals surface area contributed by atoms with Crippen LogP contribution in [0.5, 0.6) is 0 Å². The van der Waals surface area contributed by atoms with Crippen molar-refractivity contribution >= 4 is 5.91 Å². The molecule has 1 N–H and O–H groups in total. The molecule has 0 spiro atoms. The maximum absolute atomic E-state index is 13.5. The number of hydrogen-bond acceptors (Lipinski definition) is 3. The summed E-state index contributed by atoms with van der Waals surface area (Å²) in [6.45, 7) is 4.97. The topological polar surface area (TPSA) is 41.6 Å². The van der Waals surface area contributed by atoms with Crippen LogP contribution in [0.25, 0.3) is 0 Å². The van der Waals surface area contributed by atoms with E-state index in [-0.39, 0.29) is 29.7 Å². The molecule has 2 aromatic rings. The monoisotopic (exact) mass is 424 g/mol. The van der Waals surface area contributed by atoms with Gasteiger partial charge in [0, 0.05) is 31.8 Å². The highest BCUT2D eigenvalue weighted by Gasteiger charge is 2.36. The highest BCUT2D eigenvalue weighted by atomic mass is 19.1. The summed E-state index contributed by atoms with van der Waals surface area (Å²) in [6.07, 6.45) is 3.79. The fraction of sp³-hybridized carbons (Fsp3) is 0.500. The number of halogens is 1. The lowest BCUT2D eigenvalue weighted by molar-refractivity contribution is -0.142. The van der Waals surface area contributed by atoms with Crippen molar-refractivity contribution in [3.8, 4) is 0 Å². The Hall–Kier alpha value is -2.24. The van der Waals surface area contributed by atoms with Gasteiger partial charge in [-0.25, -0.2) is 4.39 Å². The van der Waals surface area contributed by atoms with E-state index in [1.54, 1.807) is 0 Å². The lowest BCUT2D eigenvalue weighted by atomic mass is 9.88. The van der Waals surface area contributed by atoms with E-state index < -0.39 is 0 Å². The summed E-state index contributed by atoms with van der Waals surface area (Å²) in [5.41, 5.74) is 2.36. The molecule has 2 fully saturated rings. The molecule has 1 unspecified atom stereocenters. The molecule has 0 aliphatic carbocycles. The number of nitrogens with zero attached hydrogens (tertiary/aromatic N) is 1. The van der Waals surface area contributed by atoms with Crippen LogP contribution in [0.2, 0.25) is 0 Å². The van der Waals surface area contributed by atoms with Crippen molar-refractivity contribution in [3.63, 3.8) is 0 Å². The first kappa shape index (κ1) is 22.0. The number of nitrogens with one attached hydrogen (secondary N) is 1. The van der Waals surface area contributed by atoms with Crippen LogP contribution in [-0.2, 0) is 16.0 Å². The van der Waals surface area contributed by atoms with Crippen LogP contribution in [0.3, 0.4) is 0 Å². The fourth-order valence-electron chi connectivity index (χ4n) is 4.98. The van der Waals surface area contributed by atoms with Gasteiger partial charge in [-0.15, -0.1) is 0 Å². The molecule has 2 saturated heterocycles. The molecule has 166 valence electrons. The van der Waals surface area contributed by atoms with Crippen molar-refractivity contribution in [2.24, 2.45) is 11.8 Å². The van der Waals surface area contributed by atoms with Crippen LogP contribution >= 0.6 is 0 Å². The smallest absolute Gasteiger partial charge is 0.227 e. The molecule has 4 nitrogen and oxygen atoms in total. The maximum Gasteiger partial charge on any atom is 0.227 e. The normalized spacial score (nSPS) is 25.2. The average Bonchev–Trinajstić information content (AvgIpc) is 2.81. The van der Waals surface area contributed by atoms with Crippen LogP contribution in [0.1, 0.15) is 43.4 Å². The van der Waals surface area contributed by atoms with Gasteiger partial charge in [0.15, 0.2) is 0 Å². The highest BCUT2D eigenvalue weighted by molar-refractivity contribution is 5.80. The molecule has 4 rings (SSSR count). The van der Waals surface area contributed by atoms with Crippen LogP contribution in [0.4, 0.5) is 4.39 Å². The Morgan fingerprint density at radius 2 is 1.94 bits per heavy atom. The molecule has 4 atom stereocenters. The molecule has 0 aromatic heterocycles. The van der Waals surface area contributed by atoms with E-state index in [1.807, 2.05) is 30.3 Å². The second-order valence-corrected chi connectivity index (χ2v) is 9.00. The number of likely N-dealkylation sites (tertiary alicyclic amines) is 1. The Bertz CT molecular complexity index is 842. The molecular formula is C26H33FN2O2. The van der Waals surface area contributed by atoms with E-state index in [9.17, 15) is 9.18 Å². The fourth-order valence-corrected chi connectivity index (χ4v) is 4.98. The third-order valence-corrected chi connectivity index (χ3v) is 6.71. The summed E-state index contributed by atoms with van der Waals surface area (Å²) in [5, 5.41) is 3.65. The van der Waals surface area contributed by atoms with Gasteiger partial charge in [-0.2, -0.15) is 0 Å². The summed E-state index contributed by atoms with van der Waals surface area (Å²) in [5.74, 6) is 0.430. The Balaban J connectivity index is 1.38. The average molecular weight is 425 g/mol. The molecular weight excluding hydrogens is 391 g/mol. The minimum Gasteiger partial charge on any atom is -0.380 e. The van der Waals surface area contributed by atoms with Gasteiger partial charge in [0.05, 0.1) is 12.5 Å². The zero-order valence-electron chi connectivity index (χ0n) is 18.3. The van der Waals surface area contributed by atoms with E-state index in [1.165, 1.54) is 17.7 Å². The van der Waals surface area contributed by atoms with Gasteiger partial charge < -0.3 is 15.0 Å². The zero-order valence-corrected chi connectivity index (χ0v) is 18.3. The highest BCUT2D eigenvalue weighted by Crippen LogP contribution is 2.26. The summed E-state index contributed by atoms with van der Waals surface area (Å²) >= 11 is 0. The first-order chi connectivity index (χ1) is 15.1. The molecule has 0 saturated carbocycles. The van der Waals surface area contributed by atoms with Crippen LogP contribution in [0, 0.1) is 17.7 Å². The maximum atomic E-state index is 13.5. The molecule has 2 aliphatic rings. The van der Waals surface area contributed by atoms with Gasteiger partial charge in [-0.05, 0) is 61.8 Å². The first-order valence-electron chi connectivity index (χ1n) is 11.5. The van der Waals surface area contributed by atoms with Crippen molar-refractivity contribution in [2.45, 2.75) is 44.7 Å². The van der Waals surface area contributed by atoms with E-state index in [0.717, 1.165) is 44.3 Å². The lowest BCUT2D eigenvalue weighted by Crippen LogP contribution is -2.53. The van der Waals surface area contributed by atoms with Gasteiger partial charge in [0.2, 0.25) is 5.91 Å². The molecule has 1 amide bonds. The van der Waals surface area contributed by atoms with Crippen LogP contribution in [-0.4, -0.2) is 43.2 Å². The van der Waals surface area contributed by atoms with Crippen molar-refractivity contribution in [1.29, 1.82) is 0 Å². The lowest BCUT2D eigenvalue weighted by Gasteiger charge is -2.39. The van der Waals surface area contributed by atoms with Gasteiger partial charge in [0.1, 0.15) is 5.82 Å². The number of rotatable bonds is 6. The number of carbonyl (C=O) groups excluding carboxylic acids is 1. The number of ether oxygens (including phenoxy) is 1. The van der Waals surface area contributed by atoms with Gasteiger partial charge in [0.25, 0.3) is 0 Å². The number of amides is 1. The summed E-state index contributed by atoms with van der Waals surface area (Å²) in [7, 11) is 0. The third-order valence-electron chi connectivity index (χ3n) is 6.71. The Kier molecular flexibility index (Phi) is 7.36. The first-order valence-corrected chi connectivity index (χ1v) is 11.5. The Morgan fingerprint density at radius 1 is 1.16 bits per heavy atom. The largest absolute Gasteiger partial charge is 0.380 e. The minimum atomic E-state index is -0.202. The van der Waals surface area contributed by atoms with Gasteiger partial charge in [-0.3, -0.25) is 4.79 Å². The van der Waals surface area contributed by atoms with Gasteiger partial charge >= 0.3 is 0 Å². The van der Waals surface area contributed by atoms with Crippen molar-refractivity contribution in [1.82, 2.24) is 10.2 Å². The number of hydrogen-bond donors (Lipinski definition) is 1. The molecule has 31 heavy (non-hydrogen) atoms. The van der Waals surface area contributed by atoms with E-state index in [4.69, 9.17) is 4.74 Å². The summed E-state index contributed by atoms with van der Waals surface area (Å²) in [6, 6.07) is 17.3. The quantitative estimate of drug-likeness (QED) is 0.749. The molecule has 2 aliphatic heterocycles. The van der Waals surface area contributed by atoms with Gasteiger partial charge in [-0.1, -0.05) is 42.5 Å². The Labute approximate surface area is 184 Å². The predicted molar refractivity (Wildman–Crippen MR) is 120 cm³/mol. The molecule has 5 heteroatoms. The SMILES string of the molecule is C[C@@H](N[C@@H]1COCC[C@H]1C(=O)N1CCCC(Cc2ccc(F)cc2)C1)c1ccccc1. The van der Waals surface area contributed by atoms with Crippen molar-refractivity contribution in [2.75, 3.05) is 26.3 Å². The third kappa shape index (κ3) is 5.72. The molecule has 0 radical (unpaired) electrons. The molecule has 0 bridgehead atoms. The Morgan fingerprint density at radius 3 is 2.71 bits per heavy atom. The second kappa shape index (κ2) is 10.4. The van der Waals surface area contributed by atoms with Crippen LogP contribution in [0.15, 0.2) is 54.6 Å². The zero-order chi connectivity index (χ0) is 21.6. The van der Waals surface area contributed by atoms with E-state index >= 15 is 0 Å². The summed E-state index contributed by atoms with van der Waals surface area (Å²) < 4.78 is 18.9. The number of benzene rings is 2. The minimum absolute atomic E-state index is 0.0222. The van der Waals surface area contributed by atoms with Crippen molar-refractivity contribution < 1.29 is 13.9 Å². The van der Waals surface area contributed by atoms with Crippen molar-refractivity contribution in [3.05, 3.63) is 71.5 Å². The summed E-state index contributed by atoms with van der Waals surface area (Å²) in [4.78, 5) is 15.6. The number of carbonyl (C=O) groups is 1. The molecule has 2 aromatic carbocycles. The van der Waals surface area contributed by atoms with E-state index in [0.29, 0.717) is 19.1 Å².